The molecule has 1 aromatic carbocycles. The Labute approximate surface area is 108 Å². The quantitative estimate of drug-likeness (QED) is 0.657. The van der Waals surface area contributed by atoms with Crippen molar-refractivity contribution in [1.82, 2.24) is 0 Å². The summed E-state index contributed by atoms with van der Waals surface area (Å²) in [6, 6.07) is 6.15. The lowest BCUT2D eigenvalue weighted by atomic mass is 10.1. The first-order valence-electron chi connectivity index (χ1n) is 5.04. The second-order valence-corrected chi connectivity index (χ2v) is 4.25. The SMILES string of the molecule is C=Cc1ccc(C(=O)OC(C)C(F)(F)SO)cc1. The molecule has 0 saturated heterocycles. The predicted molar refractivity (Wildman–Crippen MR) is 66.6 cm³/mol. The van der Waals surface area contributed by atoms with Gasteiger partial charge in [0.25, 0.3) is 0 Å². The first-order chi connectivity index (χ1) is 8.40. The van der Waals surface area contributed by atoms with Crippen LogP contribution >= 0.6 is 12.0 Å². The summed E-state index contributed by atoms with van der Waals surface area (Å²) in [4.78, 5) is 11.5. The molecule has 0 aliphatic heterocycles. The summed E-state index contributed by atoms with van der Waals surface area (Å²) in [6.45, 7) is 4.56. The average Bonchev–Trinajstić information content (AvgIpc) is 2.38. The zero-order valence-corrected chi connectivity index (χ0v) is 10.4. The van der Waals surface area contributed by atoms with E-state index < -0.39 is 29.4 Å². The lowest BCUT2D eigenvalue weighted by Crippen LogP contribution is -2.32. The van der Waals surface area contributed by atoms with Crippen LogP contribution < -0.4 is 0 Å². The third-order valence-electron chi connectivity index (χ3n) is 2.26. The zero-order valence-electron chi connectivity index (χ0n) is 9.60. The molecule has 0 aliphatic carbocycles. The third-order valence-corrected chi connectivity index (χ3v) is 2.84. The minimum atomic E-state index is -3.53. The average molecular weight is 274 g/mol. The Morgan fingerprint density at radius 3 is 2.50 bits per heavy atom. The summed E-state index contributed by atoms with van der Waals surface area (Å²) in [5, 5.41) is -3.53. The van der Waals surface area contributed by atoms with Crippen molar-refractivity contribution in [3.8, 4) is 0 Å². The second-order valence-electron chi connectivity index (χ2n) is 3.53. The van der Waals surface area contributed by atoms with E-state index in [1.54, 1.807) is 18.2 Å². The van der Waals surface area contributed by atoms with Crippen molar-refractivity contribution in [2.75, 3.05) is 0 Å². The fraction of sp³-hybridized carbons (Fsp3) is 0.250. The molecule has 98 valence electrons. The number of alkyl halides is 2. The van der Waals surface area contributed by atoms with E-state index in [2.05, 4.69) is 11.3 Å². The van der Waals surface area contributed by atoms with Gasteiger partial charge in [0.15, 0.2) is 6.10 Å². The largest absolute Gasteiger partial charge is 0.452 e. The maximum atomic E-state index is 13.0. The summed E-state index contributed by atoms with van der Waals surface area (Å²) in [7, 11) is 0. The maximum absolute atomic E-state index is 13.0. The Hall–Kier alpha value is -1.40. The number of esters is 1. The Bertz CT molecular complexity index is 431. The van der Waals surface area contributed by atoms with Crippen molar-refractivity contribution in [3.05, 3.63) is 42.0 Å². The molecular weight excluding hydrogens is 262 g/mol. The smallest absolute Gasteiger partial charge is 0.353 e. The van der Waals surface area contributed by atoms with Crippen LogP contribution in [0.3, 0.4) is 0 Å². The summed E-state index contributed by atoms with van der Waals surface area (Å²) in [6.07, 6.45) is -0.132. The molecule has 0 saturated carbocycles. The van der Waals surface area contributed by atoms with Gasteiger partial charge in [-0.2, -0.15) is 8.78 Å². The van der Waals surface area contributed by atoms with Crippen LogP contribution in [-0.4, -0.2) is 21.9 Å². The van der Waals surface area contributed by atoms with E-state index in [0.29, 0.717) is 0 Å². The van der Waals surface area contributed by atoms with Crippen LogP contribution in [0.15, 0.2) is 30.8 Å². The molecule has 18 heavy (non-hydrogen) atoms. The van der Waals surface area contributed by atoms with Crippen LogP contribution in [0.25, 0.3) is 6.08 Å². The van der Waals surface area contributed by atoms with E-state index in [-0.39, 0.29) is 5.56 Å². The molecular formula is C12H12F2O3S. The highest BCUT2D eigenvalue weighted by Crippen LogP contribution is 2.32. The van der Waals surface area contributed by atoms with Gasteiger partial charge in [-0.15, -0.1) is 0 Å². The minimum absolute atomic E-state index is 0.159. The molecule has 6 heteroatoms. The number of hydrogen-bond acceptors (Lipinski definition) is 4. The van der Waals surface area contributed by atoms with Gasteiger partial charge in [-0.3, -0.25) is 0 Å². The van der Waals surface area contributed by atoms with E-state index in [9.17, 15) is 13.6 Å². The number of ether oxygens (including phenoxy) is 1. The van der Waals surface area contributed by atoms with Crippen molar-refractivity contribution in [2.24, 2.45) is 0 Å². The molecule has 0 heterocycles. The van der Waals surface area contributed by atoms with Gasteiger partial charge < -0.3 is 9.29 Å². The molecule has 1 aromatic rings. The van der Waals surface area contributed by atoms with Gasteiger partial charge in [0.05, 0.1) is 17.6 Å². The van der Waals surface area contributed by atoms with Crippen molar-refractivity contribution < 1.29 is 22.9 Å². The van der Waals surface area contributed by atoms with E-state index in [1.807, 2.05) is 0 Å². The van der Waals surface area contributed by atoms with Crippen LogP contribution in [0, 0.1) is 0 Å². The fourth-order valence-electron chi connectivity index (χ4n) is 1.13. The third kappa shape index (κ3) is 3.54. The van der Waals surface area contributed by atoms with Crippen molar-refractivity contribution in [3.63, 3.8) is 0 Å². The molecule has 0 radical (unpaired) electrons. The second kappa shape index (κ2) is 5.97. The molecule has 0 amide bonds. The number of carbonyl (C=O) groups excluding carboxylic acids is 1. The first kappa shape index (κ1) is 14.7. The van der Waals surface area contributed by atoms with Crippen molar-refractivity contribution >= 4 is 24.1 Å². The highest BCUT2D eigenvalue weighted by molar-refractivity contribution is 7.94. The lowest BCUT2D eigenvalue weighted by molar-refractivity contribution is -0.0477. The van der Waals surface area contributed by atoms with Crippen LogP contribution in [0.2, 0.25) is 0 Å². The minimum Gasteiger partial charge on any atom is -0.452 e. The number of carbonyl (C=O) groups is 1. The molecule has 0 bridgehead atoms. The Kier molecular flexibility index (Phi) is 4.86. The molecule has 1 N–H and O–H groups in total. The van der Waals surface area contributed by atoms with E-state index >= 15 is 0 Å². The molecule has 1 unspecified atom stereocenters. The molecule has 0 fully saturated rings. The van der Waals surface area contributed by atoms with Gasteiger partial charge in [0, 0.05) is 0 Å². The number of hydrogen-bond donors (Lipinski definition) is 1. The topological polar surface area (TPSA) is 46.5 Å². The zero-order chi connectivity index (χ0) is 13.8. The van der Waals surface area contributed by atoms with E-state index in [1.165, 1.54) is 12.1 Å². The van der Waals surface area contributed by atoms with Gasteiger partial charge in [-0.25, -0.2) is 4.79 Å². The normalized spacial score (nSPS) is 12.9. The lowest BCUT2D eigenvalue weighted by Gasteiger charge is -2.20. The number of rotatable bonds is 5. The van der Waals surface area contributed by atoms with Crippen LogP contribution in [0.1, 0.15) is 22.8 Å². The van der Waals surface area contributed by atoms with Crippen molar-refractivity contribution in [2.45, 2.75) is 18.3 Å². The Balaban J connectivity index is 2.73. The molecule has 1 rings (SSSR count). The first-order valence-corrected chi connectivity index (χ1v) is 5.82. The van der Waals surface area contributed by atoms with Crippen molar-refractivity contribution in [1.29, 1.82) is 0 Å². The summed E-state index contributed by atoms with van der Waals surface area (Å²) in [5.74, 6) is -0.869. The highest BCUT2D eigenvalue weighted by Gasteiger charge is 2.40. The standard InChI is InChI=1S/C12H12F2O3S/c1-3-9-4-6-10(7-5-9)11(15)17-8(2)12(13,14)18-16/h3-8,16H,1H2,2H3. The van der Waals surface area contributed by atoms with Crippen LogP contribution in [0.4, 0.5) is 8.78 Å². The maximum Gasteiger partial charge on any atom is 0.353 e. The van der Waals surface area contributed by atoms with E-state index in [0.717, 1.165) is 12.5 Å². The number of benzene rings is 1. The van der Waals surface area contributed by atoms with Crippen LogP contribution in [0.5, 0.6) is 0 Å². The highest BCUT2D eigenvalue weighted by atomic mass is 32.2. The molecule has 1 atom stereocenters. The summed E-state index contributed by atoms with van der Waals surface area (Å²) < 4.78 is 38.9. The summed E-state index contributed by atoms with van der Waals surface area (Å²) >= 11 is -0.645. The van der Waals surface area contributed by atoms with E-state index in [4.69, 9.17) is 4.55 Å². The fourth-order valence-corrected chi connectivity index (χ4v) is 1.32. The predicted octanol–water partition coefficient (Wildman–Crippen LogP) is 3.67. The summed E-state index contributed by atoms with van der Waals surface area (Å²) in [5.41, 5.74) is 0.960. The molecule has 0 aliphatic rings. The molecule has 3 nitrogen and oxygen atoms in total. The van der Waals surface area contributed by atoms with Gasteiger partial charge in [0.2, 0.25) is 0 Å². The van der Waals surface area contributed by atoms with Gasteiger partial charge in [-0.05, 0) is 24.6 Å². The monoisotopic (exact) mass is 274 g/mol. The molecule has 0 aromatic heterocycles. The van der Waals surface area contributed by atoms with Gasteiger partial charge in [0.1, 0.15) is 0 Å². The Morgan fingerprint density at radius 1 is 1.50 bits per heavy atom. The molecule has 0 spiro atoms. The Morgan fingerprint density at radius 2 is 2.06 bits per heavy atom. The van der Waals surface area contributed by atoms with Gasteiger partial charge >= 0.3 is 11.2 Å². The van der Waals surface area contributed by atoms with Crippen LogP contribution in [-0.2, 0) is 4.74 Å². The van der Waals surface area contributed by atoms with Gasteiger partial charge in [-0.1, -0.05) is 24.8 Å². The number of halogens is 2.